The van der Waals surface area contributed by atoms with Crippen LogP contribution in [0.1, 0.15) is 33.4 Å². The van der Waals surface area contributed by atoms with Gasteiger partial charge in [-0.15, -0.1) is 17.7 Å². The van der Waals surface area contributed by atoms with E-state index < -0.39 is 40.6 Å². The van der Waals surface area contributed by atoms with E-state index in [0.29, 0.717) is 39.6 Å². The van der Waals surface area contributed by atoms with Crippen LogP contribution in [0.5, 0.6) is 0 Å². The molecule has 5 rings (SSSR count). The summed E-state index contributed by atoms with van der Waals surface area (Å²) in [4.78, 5) is -1.03. The lowest BCUT2D eigenvalue weighted by molar-refractivity contribution is 0.482. The molecule has 0 spiro atoms. The van der Waals surface area contributed by atoms with Gasteiger partial charge in [-0.2, -0.15) is 42.4 Å². The molecule has 5 aromatic carbocycles. The van der Waals surface area contributed by atoms with Gasteiger partial charge in [0, 0.05) is 11.1 Å². The number of fused-ring (bicyclic) bond motifs is 1. The van der Waals surface area contributed by atoms with Crippen molar-refractivity contribution in [3.8, 4) is 0 Å². The van der Waals surface area contributed by atoms with E-state index in [4.69, 9.17) is 18.4 Å². The topological polar surface area (TPSA) is 260 Å². The Kier molecular flexibility index (Phi) is 12.1. The van der Waals surface area contributed by atoms with Crippen molar-refractivity contribution in [3.63, 3.8) is 0 Å². The largest absolute Gasteiger partial charge is 0.425 e. The number of benzene rings is 5. The maximum atomic E-state index is 12.2. The summed E-state index contributed by atoms with van der Waals surface area (Å²) in [5.41, 5.74) is 14.3. The molecule has 0 aliphatic heterocycles. The summed E-state index contributed by atoms with van der Waals surface area (Å²) in [6, 6.07) is 17.1. The van der Waals surface area contributed by atoms with Gasteiger partial charge < -0.3 is 5.73 Å². The highest BCUT2D eigenvalue weighted by molar-refractivity contribution is 7.86. The van der Waals surface area contributed by atoms with Crippen molar-refractivity contribution < 1.29 is 38.6 Å². The summed E-state index contributed by atoms with van der Waals surface area (Å²) < 4.78 is 93.1. The predicted molar refractivity (Wildman–Crippen MR) is 198 cm³/mol. The maximum absolute atomic E-state index is 12.2. The standard InChI is InChI=1S/C34H33N7O6S2.O3S/c1-18-11-27(19(2)10-26(18)35)36-37-28-12-21(4)29(13-20(28)3)38-39-30-14-23(6)31(15-22(30)5)40-41-32-17-25-24(16-34(32)49(45,46)47)8-7-9-33(25)48(42,43)44;1-4(2)3/h7-17H,35H2,1-6H3,(H,42,43,44)(H,45,46,47);. The number of hydrogen-bond acceptors (Lipinski definition) is 14. The molecule has 4 N–H and O–H groups in total. The van der Waals surface area contributed by atoms with Gasteiger partial charge in [-0.1, -0.05) is 12.1 Å². The minimum absolute atomic E-state index is 0.00336. The van der Waals surface area contributed by atoms with Crippen molar-refractivity contribution in [2.75, 3.05) is 5.73 Å². The summed E-state index contributed by atoms with van der Waals surface area (Å²) in [6.07, 6.45) is 0. The lowest BCUT2D eigenvalue weighted by Crippen LogP contribution is -2.01. The molecule has 19 heteroatoms. The second-order valence-corrected chi connectivity index (χ2v) is 15.1. The van der Waals surface area contributed by atoms with Gasteiger partial charge in [0.2, 0.25) is 0 Å². The number of rotatable bonds is 8. The molecule has 276 valence electrons. The van der Waals surface area contributed by atoms with Crippen LogP contribution in [-0.4, -0.2) is 38.6 Å². The van der Waals surface area contributed by atoms with Crippen molar-refractivity contribution in [3.05, 3.63) is 100 Å². The zero-order valence-electron chi connectivity index (χ0n) is 29.1. The quantitative estimate of drug-likeness (QED) is 0.0764. The highest BCUT2D eigenvalue weighted by Gasteiger charge is 2.21. The van der Waals surface area contributed by atoms with E-state index in [2.05, 4.69) is 30.7 Å². The van der Waals surface area contributed by atoms with Gasteiger partial charge in [0.25, 0.3) is 20.2 Å². The van der Waals surface area contributed by atoms with Gasteiger partial charge >= 0.3 is 10.6 Å². The molecule has 5 aromatic rings. The average Bonchev–Trinajstić information content (AvgIpc) is 3.05. The molecule has 0 bridgehead atoms. The molecule has 0 atom stereocenters. The Labute approximate surface area is 306 Å². The van der Waals surface area contributed by atoms with E-state index in [0.717, 1.165) is 40.1 Å². The number of anilines is 1. The fraction of sp³-hybridized carbons (Fsp3) is 0.176. The second kappa shape index (κ2) is 16.0. The van der Waals surface area contributed by atoms with Crippen LogP contribution in [0.3, 0.4) is 0 Å². The number of hydrogen-bond donors (Lipinski definition) is 3. The molecule has 0 unspecified atom stereocenters. The maximum Gasteiger partial charge on any atom is 0.425 e. The van der Waals surface area contributed by atoms with E-state index in [9.17, 15) is 25.9 Å². The summed E-state index contributed by atoms with van der Waals surface area (Å²) in [5, 5.41) is 26.2. The Morgan fingerprint density at radius 2 is 0.830 bits per heavy atom. The summed E-state index contributed by atoms with van der Waals surface area (Å²) in [7, 11) is -12.5. The van der Waals surface area contributed by atoms with Crippen LogP contribution in [0, 0.1) is 41.5 Å². The van der Waals surface area contributed by atoms with E-state index in [1.807, 2.05) is 52.0 Å². The van der Waals surface area contributed by atoms with Crippen LogP contribution in [-0.2, 0) is 30.8 Å². The van der Waals surface area contributed by atoms with Crippen LogP contribution in [0.25, 0.3) is 10.8 Å². The first-order valence-corrected chi connectivity index (χ1v) is 19.2. The zero-order valence-corrected chi connectivity index (χ0v) is 31.5. The lowest BCUT2D eigenvalue weighted by atomic mass is 10.1. The monoisotopic (exact) mass is 779 g/mol. The SMILES string of the molecule is Cc1cc(N=Nc2cc(C)c(N=Nc3cc(C)c(N=Nc4cc5c(S(=O)(=O)O)cccc5cc4S(=O)(=O)O)cc3C)cc2C)c(C)cc1N.O=S(=O)=O. The second-order valence-electron chi connectivity index (χ2n) is 11.9. The van der Waals surface area contributed by atoms with Crippen molar-refractivity contribution >= 4 is 81.4 Å². The molecular formula is C34H33N7O9S3. The third kappa shape index (κ3) is 10.1. The van der Waals surface area contributed by atoms with Gasteiger partial charge in [-0.05, 0) is 135 Å². The molecule has 0 heterocycles. The van der Waals surface area contributed by atoms with E-state index in [1.165, 1.54) is 18.2 Å². The third-order valence-electron chi connectivity index (χ3n) is 7.89. The predicted octanol–water partition coefficient (Wildman–Crippen LogP) is 9.01. The molecule has 16 nitrogen and oxygen atoms in total. The molecule has 0 aliphatic carbocycles. The van der Waals surface area contributed by atoms with Crippen LogP contribution in [0.4, 0.5) is 39.8 Å². The Morgan fingerprint density at radius 3 is 1.21 bits per heavy atom. The molecule has 0 saturated carbocycles. The Morgan fingerprint density at radius 1 is 0.491 bits per heavy atom. The minimum atomic E-state index is -4.78. The van der Waals surface area contributed by atoms with Gasteiger partial charge in [0.05, 0.1) is 28.4 Å². The fourth-order valence-corrected chi connectivity index (χ4v) is 6.38. The minimum Gasteiger partial charge on any atom is -0.399 e. The highest BCUT2D eigenvalue weighted by Crippen LogP contribution is 2.37. The summed E-state index contributed by atoms with van der Waals surface area (Å²) in [5.74, 6) is 0. The number of azo groups is 3. The molecule has 0 aromatic heterocycles. The molecule has 0 amide bonds. The van der Waals surface area contributed by atoms with Gasteiger partial charge in [0.15, 0.2) is 0 Å². The van der Waals surface area contributed by atoms with Crippen molar-refractivity contribution in [2.45, 2.75) is 51.3 Å². The van der Waals surface area contributed by atoms with Gasteiger partial charge in [-0.25, -0.2) is 0 Å². The van der Waals surface area contributed by atoms with Crippen LogP contribution >= 0.6 is 0 Å². The third-order valence-corrected chi connectivity index (χ3v) is 9.68. The number of aryl methyl sites for hydroxylation is 6. The van der Waals surface area contributed by atoms with E-state index in [1.54, 1.807) is 26.0 Å². The molecule has 0 radical (unpaired) electrons. The van der Waals surface area contributed by atoms with E-state index in [-0.39, 0.29) is 16.5 Å². The van der Waals surface area contributed by atoms with Crippen molar-refractivity contribution in [2.24, 2.45) is 30.7 Å². The van der Waals surface area contributed by atoms with Crippen LogP contribution in [0.15, 0.2) is 107 Å². The zero-order chi connectivity index (χ0) is 39.4. The summed E-state index contributed by atoms with van der Waals surface area (Å²) in [6.45, 7) is 11.2. The molecule has 0 aliphatic rings. The first-order chi connectivity index (χ1) is 24.6. The molecule has 0 fully saturated rings. The molecular weight excluding hydrogens is 747 g/mol. The smallest absolute Gasteiger partial charge is 0.399 e. The molecule has 53 heavy (non-hydrogen) atoms. The summed E-state index contributed by atoms with van der Waals surface area (Å²) >= 11 is 0. The Balaban J connectivity index is 0.00000149. The normalized spacial score (nSPS) is 12.2. The highest BCUT2D eigenvalue weighted by atomic mass is 32.2. The number of nitrogens with two attached hydrogens (primary N) is 1. The van der Waals surface area contributed by atoms with Crippen molar-refractivity contribution in [1.82, 2.24) is 0 Å². The van der Waals surface area contributed by atoms with Crippen LogP contribution in [0.2, 0.25) is 0 Å². The fourth-order valence-electron chi connectivity index (χ4n) is 5.03. The lowest BCUT2D eigenvalue weighted by Gasteiger charge is -2.09. The van der Waals surface area contributed by atoms with E-state index >= 15 is 0 Å². The van der Waals surface area contributed by atoms with Crippen molar-refractivity contribution in [1.29, 1.82) is 0 Å². The Bertz CT molecular complexity index is 2710. The number of nitrogens with zero attached hydrogens (tertiary/aromatic N) is 6. The van der Waals surface area contributed by atoms with Gasteiger partial charge in [-0.3, -0.25) is 9.11 Å². The number of nitrogen functional groups attached to an aromatic ring is 1. The van der Waals surface area contributed by atoms with Crippen LogP contribution < -0.4 is 5.73 Å². The first-order valence-electron chi connectivity index (χ1n) is 15.3. The Hall–Kier alpha value is -5.60. The molecule has 0 saturated heterocycles. The average molecular weight is 780 g/mol. The first kappa shape index (κ1) is 40.2. The van der Waals surface area contributed by atoms with Gasteiger partial charge in [0.1, 0.15) is 15.5 Å².